The number of benzene rings is 2. The Morgan fingerprint density at radius 2 is 1.68 bits per heavy atom. The van der Waals surface area contributed by atoms with Gasteiger partial charge in [0, 0.05) is 12.0 Å². The van der Waals surface area contributed by atoms with E-state index in [0.29, 0.717) is 6.42 Å². The number of aliphatic carboxylic acids is 1. The smallest absolute Gasteiger partial charge is 0.412 e. The van der Waals surface area contributed by atoms with Gasteiger partial charge in [-0.1, -0.05) is 62.4 Å². The zero-order chi connectivity index (χ0) is 24.2. The molecule has 1 aliphatic carbocycles. The zero-order valence-electron chi connectivity index (χ0n) is 18.9. The van der Waals surface area contributed by atoms with Crippen LogP contribution in [0.1, 0.15) is 47.8 Å². The van der Waals surface area contributed by atoms with E-state index >= 15 is 0 Å². The normalized spacial score (nSPS) is 13.1. The molecular formula is C25H26N4O5. The van der Waals surface area contributed by atoms with Gasteiger partial charge in [0.2, 0.25) is 0 Å². The third kappa shape index (κ3) is 4.93. The van der Waals surface area contributed by atoms with E-state index in [1.807, 2.05) is 50.2 Å². The van der Waals surface area contributed by atoms with Gasteiger partial charge in [0.05, 0.1) is 0 Å². The van der Waals surface area contributed by atoms with Crippen molar-refractivity contribution >= 4 is 23.8 Å². The number of rotatable bonds is 8. The topological polar surface area (TPSA) is 133 Å². The number of anilines is 1. The van der Waals surface area contributed by atoms with Gasteiger partial charge in [0.25, 0.3) is 5.91 Å². The summed E-state index contributed by atoms with van der Waals surface area (Å²) in [6, 6.07) is 16.4. The molecule has 0 unspecified atom stereocenters. The van der Waals surface area contributed by atoms with Crippen molar-refractivity contribution in [2.45, 2.75) is 32.2 Å². The van der Waals surface area contributed by atoms with E-state index < -0.39 is 24.0 Å². The number of carbonyl (C=O) groups excluding carboxylic acids is 2. The van der Waals surface area contributed by atoms with Crippen LogP contribution in [-0.2, 0) is 9.53 Å². The van der Waals surface area contributed by atoms with E-state index in [2.05, 4.69) is 33.0 Å². The molecule has 1 aliphatic rings. The van der Waals surface area contributed by atoms with Crippen LogP contribution >= 0.6 is 0 Å². The fourth-order valence-electron chi connectivity index (χ4n) is 4.17. The van der Waals surface area contributed by atoms with E-state index in [4.69, 9.17) is 4.74 Å². The molecule has 34 heavy (non-hydrogen) atoms. The number of carbonyl (C=O) groups is 3. The summed E-state index contributed by atoms with van der Waals surface area (Å²) in [5.74, 6) is -1.63. The predicted octanol–water partition coefficient (Wildman–Crippen LogP) is 4.00. The van der Waals surface area contributed by atoms with Crippen LogP contribution in [0, 0.1) is 5.92 Å². The molecule has 0 saturated heterocycles. The maximum atomic E-state index is 12.4. The molecule has 4 N–H and O–H groups in total. The highest BCUT2D eigenvalue weighted by molar-refractivity contribution is 5.96. The van der Waals surface area contributed by atoms with Crippen molar-refractivity contribution < 1.29 is 24.2 Å². The van der Waals surface area contributed by atoms with E-state index in [1.165, 1.54) is 6.07 Å². The fourth-order valence-corrected chi connectivity index (χ4v) is 4.17. The van der Waals surface area contributed by atoms with E-state index in [9.17, 15) is 19.5 Å². The zero-order valence-corrected chi connectivity index (χ0v) is 18.9. The van der Waals surface area contributed by atoms with Crippen molar-refractivity contribution in [3.8, 4) is 11.1 Å². The highest BCUT2D eigenvalue weighted by Gasteiger charge is 2.29. The number of H-pyrrole nitrogens is 1. The summed E-state index contributed by atoms with van der Waals surface area (Å²) in [5.41, 5.74) is 4.50. The second-order valence-electron chi connectivity index (χ2n) is 8.61. The maximum Gasteiger partial charge on any atom is 0.412 e. The molecule has 3 aromatic rings. The van der Waals surface area contributed by atoms with Crippen LogP contribution in [0.5, 0.6) is 0 Å². The number of carboxylic acid groups (broad SMARTS) is 1. The standard InChI is InChI=1S/C25H26N4O5/c1-14(2)11-21(24(31)32)26-23(30)20-12-22(29-28-20)27-25(33)34-13-19-17-9-5-3-7-15(17)16-8-4-6-10-18(16)19/h3-10,12,14,19,21H,11,13H2,1-2H3,(H,26,30)(H,31,32)(H2,27,28,29,33)/t21-/m1/s1. The first kappa shape index (κ1) is 23.0. The minimum atomic E-state index is -1.11. The molecule has 0 fully saturated rings. The van der Waals surface area contributed by atoms with Crippen molar-refractivity contribution in [2.24, 2.45) is 5.92 Å². The van der Waals surface area contributed by atoms with Crippen LogP contribution in [0.2, 0.25) is 0 Å². The Morgan fingerprint density at radius 3 is 2.26 bits per heavy atom. The number of carboxylic acids is 1. The lowest BCUT2D eigenvalue weighted by Gasteiger charge is -2.15. The van der Waals surface area contributed by atoms with Gasteiger partial charge in [0.1, 0.15) is 18.3 Å². The Kier molecular flexibility index (Phi) is 6.62. The van der Waals surface area contributed by atoms with Crippen LogP contribution in [0.3, 0.4) is 0 Å². The first-order valence-electron chi connectivity index (χ1n) is 11.0. The Hall–Kier alpha value is -4.14. The molecule has 0 saturated carbocycles. The second kappa shape index (κ2) is 9.78. The number of aromatic nitrogens is 2. The second-order valence-corrected chi connectivity index (χ2v) is 8.61. The van der Waals surface area contributed by atoms with Crippen molar-refractivity contribution in [1.29, 1.82) is 0 Å². The molecule has 1 heterocycles. The van der Waals surface area contributed by atoms with Gasteiger partial charge in [-0.25, -0.2) is 9.59 Å². The van der Waals surface area contributed by atoms with E-state index in [1.54, 1.807) is 0 Å². The lowest BCUT2D eigenvalue weighted by Crippen LogP contribution is -2.41. The molecule has 1 aromatic heterocycles. The maximum absolute atomic E-state index is 12.4. The summed E-state index contributed by atoms with van der Waals surface area (Å²) < 4.78 is 5.47. The third-order valence-electron chi connectivity index (χ3n) is 5.71. The summed E-state index contributed by atoms with van der Waals surface area (Å²) in [6.07, 6.45) is -0.413. The SMILES string of the molecule is CC(C)C[C@@H](NC(=O)c1cc(NC(=O)OCC2c3ccccc3-c3ccccc32)n[nH]1)C(=O)O. The van der Waals surface area contributed by atoms with Gasteiger partial charge in [0.15, 0.2) is 5.82 Å². The van der Waals surface area contributed by atoms with Gasteiger partial charge < -0.3 is 15.2 Å². The quantitative estimate of drug-likeness (QED) is 0.400. The Morgan fingerprint density at radius 1 is 1.06 bits per heavy atom. The predicted molar refractivity (Wildman–Crippen MR) is 126 cm³/mol. The van der Waals surface area contributed by atoms with Crippen molar-refractivity contribution in [3.63, 3.8) is 0 Å². The third-order valence-corrected chi connectivity index (χ3v) is 5.71. The fraction of sp³-hybridized carbons (Fsp3) is 0.280. The van der Waals surface area contributed by atoms with Gasteiger partial charge in [-0.3, -0.25) is 15.2 Å². The van der Waals surface area contributed by atoms with E-state index in [-0.39, 0.29) is 30.0 Å². The summed E-state index contributed by atoms with van der Waals surface area (Å²) in [5, 5.41) is 20.7. The average molecular weight is 463 g/mol. The molecule has 1 atom stereocenters. The number of hydrogen-bond donors (Lipinski definition) is 4. The number of ether oxygens (including phenoxy) is 1. The Labute approximate surface area is 196 Å². The lowest BCUT2D eigenvalue weighted by atomic mass is 9.98. The Bertz CT molecular complexity index is 1170. The lowest BCUT2D eigenvalue weighted by molar-refractivity contribution is -0.139. The highest BCUT2D eigenvalue weighted by Crippen LogP contribution is 2.44. The number of fused-ring (bicyclic) bond motifs is 3. The summed E-state index contributed by atoms with van der Waals surface area (Å²) in [4.78, 5) is 36.2. The largest absolute Gasteiger partial charge is 0.480 e. The van der Waals surface area contributed by atoms with Crippen molar-refractivity contribution in [1.82, 2.24) is 15.5 Å². The van der Waals surface area contributed by atoms with Gasteiger partial charge in [-0.2, -0.15) is 5.10 Å². The minimum Gasteiger partial charge on any atom is -0.480 e. The van der Waals surface area contributed by atoms with Crippen LogP contribution in [0.4, 0.5) is 10.6 Å². The number of nitrogens with zero attached hydrogens (tertiary/aromatic N) is 1. The van der Waals surface area contributed by atoms with Gasteiger partial charge in [-0.05, 0) is 34.6 Å². The van der Waals surface area contributed by atoms with Crippen LogP contribution in [0.15, 0.2) is 54.6 Å². The van der Waals surface area contributed by atoms with Crippen molar-refractivity contribution in [3.05, 3.63) is 71.4 Å². The molecule has 0 spiro atoms. The summed E-state index contributed by atoms with van der Waals surface area (Å²) >= 11 is 0. The van der Waals surface area contributed by atoms with E-state index in [0.717, 1.165) is 22.3 Å². The average Bonchev–Trinajstić information content (AvgIpc) is 3.39. The van der Waals surface area contributed by atoms with Crippen LogP contribution in [-0.4, -0.2) is 45.9 Å². The monoisotopic (exact) mass is 462 g/mol. The minimum absolute atomic E-state index is 0.0314. The number of aromatic amines is 1. The highest BCUT2D eigenvalue weighted by atomic mass is 16.5. The Balaban J connectivity index is 1.36. The van der Waals surface area contributed by atoms with Crippen LogP contribution in [0.25, 0.3) is 11.1 Å². The molecule has 0 radical (unpaired) electrons. The molecule has 9 nitrogen and oxygen atoms in total. The molecule has 9 heteroatoms. The van der Waals surface area contributed by atoms with Gasteiger partial charge in [-0.15, -0.1) is 0 Å². The summed E-state index contributed by atoms with van der Waals surface area (Å²) in [6.45, 7) is 3.89. The number of amides is 2. The first-order valence-corrected chi connectivity index (χ1v) is 11.0. The van der Waals surface area contributed by atoms with Gasteiger partial charge >= 0.3 is 12.1 Å². The summed E-state index contributed by atoms with van der Waals surface area (Å²) in [7, 11) is 0. The first-order chi connectivity index (χ1) is 16.3. The molecule has 4 rings (SSSR count). The molecule has 0 bridgehead atoms. The number of nitrogens with one attached hydrogen (secondary N) is 3. The van der Waals surface area contributed by atoms with Crippen LogP contribution < -0.4 is 10.6 Å². The van der Waals surface area contributed by atoms with Crippen molar-refractivity contribution in [2.75, 3.05) is 11.9 Å². The molecule has 2 aromatic carbocycles. The number of hydrogen-bond acceptors (Lipinski definition) is 5. The molecular weight excluding hydrogens is 436 g/mol. The molecule has 176 valence electrons. The molecule has 2 amide bonds. The molecule has 0 aliphatic heterocycles.